The van der Waals surface area contributed by atoms with Gasteiger partial charge >= 0.3 is 0 Å². The number of aryl methyl sites for hydroxylation is 2. The second-order valence-corrected chi connectivity index (χ2v) is 6.69. The lowest BCUT2D eigenvalue weighted by atomic mass is 10.1. The smallest absolute Gasteiger partial charge is 0.252 e. The van der Waals surface area contributed by atoms with Gasteiger partial charge in [0.15, 0.2) is 5.65 Å². The van der Waals surface area contributed by atoms with E-state index in [0.717, 1.165) is 41.9 Å². The summed E-state index contributed by atoms with van der Waals surface area (Å²) in [6.45, 7) is 5.12. The zero-order valence-corrected chi connectivity index (χ0v) is 15.0. The fourth-order valence-corrected chi connectivity index (χ4v) is 3.45. The SMILES string of the molecule is Cc1cc(C(=O)NC[C@H]2CCCO2)c2c(C)nn(-c3ccccc3)c2n1. The van der Waals surface area contributed by atoms with Gasteiger partial charge in [0.25, 0.3) is 5.91 Å². The Kier molecular flexibility index (Phi) is 4.42. The Hall–Kier alpha value is -2.73. The van der Waals surface area contributed by atoms with E-state index in [1.165, 1.54) is 0 Å². The summed E-state index contributed by atoms with van der Waals surface area (Å²) < 4.78 is 7.39. The van der Waals surface area contributed by atoms with Crippen LogP contribution in [0.3, 0.4) is 0 Å². The number of hydrogen-bond acceptors (Lipinski definition) is 4. The Bertz CT molecular complexity index is 943. The summed E-state index contributed by atoms with van der Waals surface area (Å²) >= 11 is 0. The van der Waals surface area contributed by atoms with Crippen LogP contribution < -0.4 is 5.32 Å². The first-order valence-electron chi connectivity index (χ1n) is 8.95. The van der Waals surface area contributed by atoms with Crippen molar-refractivity contribution in [3.05, 3.63) is 53.3 Å². The van der Waals surface area contributed by atoms with Crippen LogP contribution in [0, 0.1) is 13.8 Å². The normalized spacial score (nSPS) is 16.9. The molecule has 6 heteroatoms. The Morgan fingerprint density at radius 3 is 2.85 bits per heavy atom. The number of pyridine rings is 1. The van der Waals surface area contributed by atoms with Gasteiger partial charge in [0, 0.05) is 18.8 Å². The maximum Gasteiger partial charge on any atom is 0.252 e. The predicted octanol–water partition coefficient (Wildman–Crippen LogP) is 2.95. The molecule has 1 N–H and O–H groups in total. The van der Waals surface area contributed by atoms with E-state index >= 15 is 0 Å². The number of aromatic nitrogens is 3. The molecule has 26 heavy (non-hydrogen) atoms. The van der Waals surface area contributed by atoms with Crippen LogP contribution in [0.5, 0.6) is 0 Å². The molecule has 3 aromatic rings. The molecule has 1 aliphatic heterocycles. The van der Waals surface area contributed by atoms with Crippen LogP contribution in [0.4, 0.5) is 0 Å². The Labute approximate surface area is 152 Å². The van der Waals surface area contributed by atoms with Crippen molar-refractivity contribution in [1.29, 1.82) is 0 Å². The van der Waals surface area contributed by atoms with Gasteiger partial charge in [-0.3, -0.25) is 4.79 Å². The Balaban J connectivity index is 1.73. The molecule has 0 bridgehead atoms. The van der Waals surface area contributed by atoms with Gasteiger partial charge in [0.1, 0.15) is 0 Å². The fraction of sp³-hybridized carbons (Fsp3) is 0.350. The molecule has 3 heterocycles. The highest BCUT2D eigenvalue weighted by Crippen LogP contribution is 2.25. The Morgan fingerprint density at radius 1 is 1.31 bits per heavy atom. The molecular weight excluding hydrogens is 328 g/mol. The highest BCUT2D eigenvalue weighted by atomic mass is 16.5. The minimum atomic E-state index is -0.105. The molecule has 134 valence electrons. The lowest BCUT2D eigenvalue weighted by molar-refractivity contribution is 0.0859. The number of nitrogens with one attached hydrogen (secondary N) is 1. The average molecular weight is 350 g/mol. The summed E-state index contributed by atoms with van der Waals surface area (Å²) in [5, 5.41) is 8.43. The second-order valence-electron chi connectivity index (χ2n) is 6.69. The van der Waals surface area contributed by atoms with Crippen LogP contribution in [0.1, 0.15) is 34.6 Å². The number of para-hydroxylation sites is 1. The molecule has 1 amide bonds. The first-order valence-corrected chi connectivity index (χ1v) is 8.95. The highest BCUT2D eigenvalue weighted by molar-refractivity contribution is 6.06. The molecule has 0 saturated carbocycles. The third kappa shape index (κ3) is 3.08. The van der Waals surface area contributed by atoms with E-state index in [-0.39, 0.29) is 12.0 Å². The van der Waals surface area contributed by atoms with Crippen molar-refractivity contribution in [2.24, 2.45) is 0 Å². The minimum Gasteiger partial charge on any atom is -0.376 e. The van der Waals surface area contributed by atoms with Crippen LogP contribution in [0.2, 0.25) is 0 Å². The quantitative estimate of drug-likeness (QED) is 0.785. The lowest BCUT2D eigenvalue weighted by Gasteiger charge is -2.12. The number of fused-ring (bicyclic) bond motifs is 1. The molecule has 2 aromatic heterocycles. The molecule has 1 aliphatic rings. The molecule has 0 spiro atoms. The number of carbonyl (C=O) groups excluding carboxylic acids is 1. The van der Waals surface area contributed by atoms with Crippen molar-refractivity contribution in [2.45, 2.75) is 32.8 Å². The van der Waals surface area contributed by atoms with E-state index in [2.05, 4.69) is 15.4 Å². The maximum atomic E-state index is 12.8. The van der Waals surface area contributed by atoms with Crippen LogP contribution in [-0.4, -0.2) is 39.9 Å². The van der Waals surface area contributed by atoms with Gasteiger partial charge in [-0.2, -0.15) is 5.10 Å². The van der Waals surface area contributed by atoms with E-state index in [4.69, 9.17) is 4.74 Å². The third-order valence-corrected chi connectivity index (χ3v) is 4.70. The molecule has 1 aromatic carbocycles. The first-order chi connectivity index (χ1) is 12.6. The van der Waals surface area contributed by atoms with Crippen LogP contribution in [0.15, 0.2) is 36.4 Å². The van der Waals surface area contributed by atoms with Crippen molar-refractivity contribution in [3.8, 4) is 5.69 Å². The zero-order valence-electron chi connectivity index (χ0n) is 15.0. The van der Waals surface area contributed by atoms with Crippen molar-refractivity contribution in [3.63, 3.8) is 0 Å². The minimum absolute atomic E-state index is 0.105. The number of carbonyl (C=O) groups is 1. The molecule has 4 rings (SSSR count). The van der Waals surface area contributed by atoms with Crippen molar-refractivity contribution < 1.29 is 9.53 Å². The number of benzene rings is 1. The number of nitrogens with zero attached hydrogens (tertiary/aromatic N) is 3. The summed E-state index contributed by atoms with van der Waals surface area (Å²) in [5.41, 5.74) is 3.83. The summed E-state index contributed by atoms with van der Waals surface area (Å²) in [7, 11) is 0. The number of amides is 1. The monoisotopic (exact) mass is 350 g/mol. The van der Waals surface area contributed by atoms with E-state index in [1.54, 1.807) is 4.68 Å². The van der Waals surface area contributed by atoms with E-state index in [9.17, 15) is 4.79 Å². The maximum absolute atomic E-state index is 12.8. The molecule has 1 atom stereocenters. The highest BCUT2D eigenvalue weighted by Gasteiger charge is 2.21. The molecule has 0 aliphatic carbocycles. The molecule has 1 fully saturated rings. The summed E-state index contributed by atoms with van der Waals surface area (Å²) in [6.07, 6.45) is 2.17. The van der Waals surface area contributed by atoms with Crippen LogP contribution in [-0.2, 0) is 4.74 Å². The fourth-order valence-electron chi connectivity index (χ4n) is 3.45. The van der Waals surface area contributed by atoms with Crippen molar-refractivity contribution >= 4 is 16.9 Å². The van der Waals surface area contributed by atoms with E-state index in [1.807, 2.05) is 50.2 Å². The number of rotatable bonds is 4. The average Bonchev–Trinajstić information content (AvgIpc) is 3.28. The van der Waals surface area contributed by atoms with Gasteiger partial charge in [-0.1, -0.05) is 18.2 Å². The van der Waals surface area contributed by atoms with E-state index in [0.29, 0.717) is 17.8 Å². The van der Waals surface area contributed by atoms with Gasteiger partial charge in [-0.25, -0.2) is 9.67 Å². The Morgan fingerprint density at radius 2 is 2.12 bits per heavy atom. The largest absolute Gasteiger partial charge is 0.376 e. The zero-order chi connectivity index (χ0) is 18.1. The lowest BCUT2D eigenvalue weighted by Crippen LogP contribution is -2.32. The molecular formula is C20H22N4O2. The summed E-state index contributed by atoms with van der Waals surface area (Å²) in [5.74, 6) is -0.105. The molecule has 1 saturated heterocycles. The molecule has 0 radical (unpaired) electrons. The van der Waals surface area contributed by atoms with Gasteiger partial charge in [0.05, 0.1) is 28.4 Å². The van der Waals surface area contributed by atoms with Crippen LogP contribution in [0.25, 0.3) is 16.7 Å². The van der Waals surface area contributed by atoms with Gasteiger partial charge < -0.3 is 10.1 Å². The predicted molar refractivity (Wildman–Crippen MR) is 99.6 cm³/mol. The van der Waals surface area contributed by atoms with Gasteiger partial charge in [0.2, 0.25) is 0 Å². The summed E-state index contributed by atoms with van der Waals surface area (Å²) in [4.78, 5) is 17.5. The van der Waals surface area contributed by atoms with Gasteiger partial charge in [-0.15, -0.1) is 0 Å². The van der Waals surface area contributed by atoms with E-state index < -0.39 is 0 Å². The number of hydrogen-bond donors (Lipinski definition) is 1. The third-order valence-electron chi connectivity index (χ3n) is 4.70. The molecule has 6 nitrogen and oxygen atoms in total. The van der Waals surface area contributed by atoms with Crippen molar-refractivity contribution in [1.82, 2.24) is 20.1 Å². The van der Waals surface area contributed by atoms with Crippen molar-refractivity contribution in [2.75, 3.05) is 13.2 Å². The first kappa shape index (κ1) is 16.7. The molecule has 0 unspecified atom stereocenters. The van der Waals surface area contributed by atoms with Gasteiger partial charge in [-0.05, 0) is 44.9 Å². The van der Waals surface area contributed by atoms with Crippen LogP contribution >= 0.6 is 0 Å². The standard InChI is InChI=1S/C20H22N4O2/c1-13-11-17(20(25)21-12-16-9-6-10-26-16)18-14(2)23-24(19(18)22-13)15-7-4-3-5-8-15/h3-5,7-8,11,16H,6,9-10,12H2,1-2H3,(H,21,25)/t16-/m1/s1. The summed E-state index contributed by atoms with van der Waals surface area (Å²) in [6, 6.07) is 11.7. The topological polar surface area (TPSA) is 69.0 Å². The number of ether oxygens (including phenoxy) is 1. The second kappa shape index (κ2) is 6.88.